The Hall–Kier alpha value is -0.430. The molecule has 1 heterocycles. The first-order valence-electron chi connectivity index (χ1n) is 6.97. The molecule has 0 radical (unpaired) electrons. The number of aryl methyl sites for hydroxylation is 1. The van der Waals surface area contributed by atoms with Crippen molar-refractivity contribution >= 4 is 22.6 Å². The Bertz CT molecular complexity index is 491. The number of hydrogen-bond acceptors (Lipinski definition) is 3. The van der Waals surface area contributed by atoms with Crippen molar-refractivity contribution in [3.05, 3.63) is 25.4 Å². The van der Waals surface area contributed by atoms with Gasteiger partial charge in [-0.25, -0.2) is 4.98 Å². The van der Waals surface area contributed by atoms with E-state index in [9.17, 15) is 4.79 Å². The van der Waals surface area contributed by atoms with Gasteiger partial charge in [-0.05, 0) is 41.9 Å². The van der Waals surface area contributed by atoms with Gasteiger partial charge < -0.3 is 9.72 Å². The lowest BCUT2D eigenvalue weighted by Gasteiger charge is -2.30. The number of aromatic nitrogens is 2. The molecule has 0 saturated heterocycles. The lowest BCUT2D eigenvalue weighted by Crippen LogP contribution is -2.34. The molecule has 2 rings (SSSR count). The molecular formula is C14H21IN2O2. The summed E-state index contributed by atoms with van der Waals surface area (Å²) in [4.78, 5) is 19.7. The van der Waals surface area contributed by atoms with Gasteiger partial charge in [0.2, 0.25) is 0 Å². The second-order valence-corrected chi connectivity index (χ2v) is 6.22. The van der Waals surface area contributed by atoms with E-state index in [1.165, 1.54) is 12.8 Å². The second kappa shape index (κ2) is 6.35. The zero-order valence-electron chi connectivity index (χ0n) is 11.6. The fourth-order valence-corrected chi connectivity index (χ4v) is 3.43. The number of nitrogens with zero attached hydrogens (tertiary/aromatic N) is 1. The van der Waals surface area contributed by atoms with Crippen molar-refractivity contribution in [2.75, 3.05) is 7.11 Å². The molecule has 4 nitrogen and oxygen atoms in total. The number of nitrogens with one attached hydrogen (secondary N) is 1. The van der Waals surface area contributed by atoms with Crippen molar-refractivity contribution < 1.29 is 4.74 Å². The molecule has 19 heavy (non-hydrogen) atoms. The Morgan fingerprint density at radius 3 is 2.47 bits per heavy atom. The SMILES string of the molecule is CCc1nc(C2(OC)CCCCCC2)[nH]c(=O)c1I. The van der Waals surface area contributed by atoms with Crippen molar-refractivity contribution in [1.82, 2.24) is 9.97 Å². The van der Waals surface area contributed by atoms with E-state index in [0.29, 0.717) is 3.57 Å². The topological polar surface area (TPSA) is 55.0 Å². The molecule has 1 fully saturated rings. The molecule has 1 saturated carbocycles. The molecule has 0 unspecified atom stereocenters. The van der Waals surface area contributed by atoms with Crippen LogP contribution in [0.2, 0.25) is 0 Å². The Labute approximate surface area is 127 Å². The van der Waals surface area contributed by atoms with Crippen LogP contribution in [0.5, 0.6) is 0 Å². The van der Waals surface area contributed by atoms with Crippen LogP contribution in [0.15, 0.2) is 4.79 Å². The molecule has 1 aliphatic carbocycles. The minimum Gasteiger partial charge on any atom is -0.370 e. The highest BCUT2D eigenvalue weighted by atomic mass is 127. The molecule has 106 valence electrons. The molecule has 5 heteroatoms. The van der Waals surface area contributed by atoms with Crippen molar-refractivity contribution in [3.63, 3.8) is 0 Å². The summed E-state index contributed by atoms with van der Waals surface area (Å²) < 4.78 is 6.50. The van der Waals surface area contributed by atoms with E-state index in [-0.39, 0.29) is 5.56 Å². The van der Waals surface area contributed by atoms with E-state index in [0.717, 1.165) is 43.6 Å². The molecule has 1 aromatic rings. The summed E-state index contributed by atoms with van der Waals surface area (Å²) >= 11 is 2.07. The third-order valence-electron chi connectivity index (χ3n) is 4.00. The van der Waals surface area contributed by atoms with Crippen LogP contribution in [-0.4, -0.2) is 17.1 Å². The molecule has 0 amide bonds. The van der Waals surface area contributed by atoms with Gasteiger partial charge in [-0.15, -0.1) is 0 Å². The lowest BCUT2D eigenvalue weighted by molar-refractivity contribution is -0.0355. The predicted molar refractivity (Wildman–Crippen MR) is 83.3 cm³/mol. The summed E-state index contributed by atoms with van der Waals surface area (Å²) in [5.74, 6) is 0.721. The van der Waals surface area contributed by atoms with Crippen LogP contribution in [-0.2, 0) is 16.8 Å². The maximum absolute atomic E-state index is 12.0. The van der Waals surface area contributed by atoms with Crippen LogP contribution in [0, 0.1) is 3.57 Å². The van der Waals surface area contributed by atoms with Crippen LogP contribution < -0.4 is 5.56 Å². The number of rotatable bonds is 3. The predicted octanol–water partition coefficient (Wildman–Crippen LogP) is 3.13. The second-order valence-electron chi connectivity index (χ2n) is 5.14. The zero-order valence-corrected chi connectivity index (χ0v) is 13.7. The highest BCUT2D eigenvalue weighted by Gasteiger charge is 2.35. The van der Waals surface area contributed by atoms with Crippen LogP contribution in [0.3, 0.4) is 0 Å². The number of aromatic amines is 1. The lowest BCUT2D eigenvalue weighted by atomic mass is 9.93. The quantitative estimate of drug-likeness (QED) is 0.652. The summed E-state index contributed by atoms with van der Waals surface area (Å²) in [6.07, 6.45) is 7.39. The van der Waals surface area contributed by atoms with Gasteiger partial charge in [-0.3, -0.25) is 4.79 Å². The minimum absolute atomic E-state index is 0.0388. The fraction of sp³-hybridized carbons (Fsp3) is 0.714. The fourth-order valence-electron chi connectivity index (χ4n) is 2.79. The number of H-pyrrole nitrogens is 1. The van der Waals surface area contributed by atoms with Gasteiger partial charge >= 0.3 is 0 Å². The summed E-state index contributed by atoms with van der Waals surface area (Å²) in [6, 6.07) is 0. The first kappa shape index (κ1) is 15.0. The summed E-state index contributed by atoms with van der Waals surface area (Å²) in [6.45, 7) is 2.03. The molecule has 0 aliphatic heterocycles. The highest BCUT2D eigenvalue weighted by Crippen LogP contribution is 2.37. The average molecular weight is 376 g/mol. The Kier molecular flexibility index (Phi) is 5.00. The third-order valence-corrected chi connectivity index (χ3v) is 5.11. The molecule has 1 aliphatic rings. The number of halogens is 1. The Morgan fingerprint density at radius 2 is 1.95 bits per heavy atom. The highest BCUT2D eigenvalue weighted by molar-refractivity contribution is 14.1. The molecular weight excluding hydrogens is 355 g/mol. The first-order chi connectivity index (χ1) is 9.13. The minimum atomic E-state index is -0.399. The number of hydrogen-bond donors (Lipinski definition) is 1. The normalized spacial score (nSPS) is 19.1. The average Bonchev–Trinajstić information content (AvgIpc) is 2.68. The van der Waals surface area contributed by atoms with Gasteiger partial charge in [-0.1, -0.05) is 32.6 Å². The summed E-state index contributed by atoms with van der Waals surface area (Å²) in [5.41, 5.74) is 0.437. The first-order valence-corrected chi connectivity index (χ1v) is 8.05. The van der Waals surface area contributed by atoms with E-state index < -0.39 is 5.60 Å². The smallest absolute Gasteiger partial charge is 0.264 e. The van der Waals surface area contributed by atoms with Crippen LogP contribution in [0.1, 0.15) is 57.0 Å². The van der Waals surface area contributed by atoms with Crippen molar-refractivity contribution in [2.45, 2.75) is 57.5 Å². The Balaban J connectivity index is 2.48. The molecule has 0 atom stereocenters. The zero-order chi connectivity index (χ0) is 13.9. The van der Waals surface area contributed by atoms with Gasteiger partial charge in [0.25, 0.3) is 5.56 Å². The monoisotopic (exact) mass is 376 g/mol. The molecule has 0 spiro atoms. The van der Waals surface area contributed by atoms with E-state index in [1.54, 1.807) is 7.11 Å². The summed E-state index contributed by atoms with van der Waals surface area (Å²) in [7, 11) is 1.73. The summed E-state index contributed by atoms with van der Waals surface area (Å²) in [5, 5.41) is 0. The van der Waals surface area contributed by atoms with Gasteiger partial charge in [0, 0.05) is 7.11 Å². The van der Waals surface area contributed by atoms with Crippen molar-refractivity contribution in [3.8, 4) is 0 Å². The van der Waals surface area contributed by atoms with Crippen molar-refractivity contribution in [2.24, 2.45) is 0 Å². The molecule has 1 N–H and O–H groups in total. The van der Waals surface area contributed by atoms with Crippen LogP contribution in [0.4, 0.5) is 0 Å². The largest absolute Gasteiger partial charge is 0.370 e. The van der Waals surface area contributed by atoms with E-state index in [2.05, 4.69) is 32.6 Å². The van der Waals surface area contributed by atoms with E-state index in [4.69, 9.17) is 4.74 Å². The molecule has 1 aromatic heterocycles. The van der Waals surface area contributed by atoms with Gasteiger partial charge in [-0.2, -0.15) is 0 Å². The third kappa shape index (κ3) is 3.02. The van der Waals surface area contributed by atoms with Gasteiger partial charge in [0.1, 0.15) is 11.4 Å². The van der Waals surface area contributed by atoms with E-state index in [1.807, 2.05) is 6.92 Å². The standard InChI is InChI=1S/C14H21IN2O2/c1-3-10-11(15)12(18)17-13(16-10)14(19-2)8-6-4-5-7-9-14/h3-9H2,1-2H3,(H,16,17,18). The maximum Gasteiger partial charge on any atom is 0.264 e. The Morgan fingerprint density at radius 1 is 1.32 bits per heavy atom. The number of methoxy groups -OCH3 is 1. The van der Waals surface area contributed by atoms with Crippen molar-refractivity contribution in [1.29, 1.82) is 0 Å². The van der Waals surface area contributed by atoms with E-state index >= 15 is 0 Å². The molecule has 0 aromatic carbocycles. The number of ether oxygens (including phenoxy) is 1. The maximum atomic E-state index is 12.0. The molecule has 0 bridgehead atoms. The van der Waals surface area contributed by atoms with Gasteiger partial charge in [0.05, 0.1) is 9.26 Å². The van der Waals surface area contributed by atoms with Gasteiger partial charge in [0.15, 0.2) is 0 Å². The van der Waals surface area contributed by atoms with Crippen LogP contribution >= 0.6 is 22.6 Å². The van der Waals surface area contributed by atoms with Crippen LogP contribution in [0.25, 0.3) is 0 Å².